The monoisotopic (exact) mass is 425 g/mol. The molecular formula is C19H24ClN3O4S. The number of hydrogen-bond acceptors (Lipinski definition) is 6. The van der Waals surface area contributed by atoms with Gasteiger partial charge >= 0.3 is 5.97 Å². The second-order valence-electron chi connectivity index (χ2n) is 6.84. The highest BCUT2D eigenvalue weighted by Crippen LogP contribution is 2.27. The lowest BCUT2D eigenvalue weighted by atomic mass is 9.97. The average Bonchev–Trinajstić information content (AvgIpc) is 2.71. The molecule has 28 heavy (non-hydrogen) atoms. The molecule has 2 aromatic rings. The lowest BCUT2D eigenvalue weighted by Crippen LogP contribution is -2.38. The van der Waals surface area contributed by atoms with Crippen molar-refractivity contribution in [1.82, 2.24) is 14.6 Å². The van der Waals surface area contributed by atoms with Crippen molar-refractivity contribution < 1.29 is 17.9 Å². The second-order valence-corrected chi connectivity index (χ2v) is 8.98. The maximum Gasteiger partial charge on any atom is 0.308 e. The SMILES string of the molecule is COC(=O)C1CCN(CCCNS(=O)(=O)c2ccc(Cl)c3ncccc23)CC1. The molecule has 0 aliphatic carbocycles. The van der Waals surface area contributed by atoms with Crippen LogP contribution in [0.1, 0.15) is 19.3 Å². The number of nitrogens with one attached hydrogen (secondary N) is 1. The van der Waals surface area contributed by atoms with Gasteiger partial charge in [0.2, 0.25) is 10.0 Å². The minimum atomic E-state index is -3.66. The van der Waals surface area contributed by atoms with Gasteiger partial charge in [0.15, 0.2) is 0 Å². The third kappa shape index (κ3) is 4.81. The molecule has 0 unspecified atom stereocenters. The summed E-state index contributed by atoms with van der Waals surface area (Å²) in [6.45, 7) is 2.75. The van der Waals surface area contributed by atoms with E-state index in [1.165, 1.54) is 13.2 Å². The van der Waals surface area contributed by atoms with E-state index in [-0.39, 0.29) is 16.8 Å². The molecule has 7 nitrogen and oxygen atoms in total. The minimum absolute atomic E-state index is 0.0217. The van der Waals surface area contributed by atoms with E-state index >= 15 is 0 Å². The van der Waals surface area contributed by atoms with Gasteiger partial charge in [0.1, 0.15) is 0 Å². The van der Waals surface area contributed by atoms with E-state index in [2.05, 4.69) is 14.6 Å². The van der Waals surface area contributed by atoms with Gasteiger partial charge in [-0.25, -0.2) is 13.1 Å². The first-order valence-corrected chi connectivity index (χ1v) is 11.1. The van der Waals surface area contributed by atoms with Crippen LogP contribution in [0.5, 0.6) is 0 Å². The van der Waals surface area contributed by atoms with Crippen LogP contribution in [-0.4, -0.2) is 57.6 Å². The molecule has 1 fully saturated rings. The van der Waals surface area contributed by atoms with Crippen LogP contribution in [0.3, 0.4) is 0 Å². The number of carbonyl (C=O) groups is 1. The number of nitrogens with zero attached hydrogens (tertiary/aromatic N) is 2. The summed E-state index contributed by atoms with van der Waals surface area (Å²) in [5.74, 6) is -0.163. The minimum Gasteiger partial charge on any atom is -0.469 e. The quantitative estimate of drug-likeness (QED) is 0.541. The Balaban J connectivity index is 1.53. The normalized spacial score (nSPS) is 16.4. The number of halogens is 1. The molecule has 0 spiro atoms. The van der Waals surface area contributed by atoms with Gasteiger partial charge in [-0.05, 0) is 63.2 Å². The zero-order valence-electron chi connectivity index (χ0n) is 15.7. The van der Waals surface area contributed by atoms with Crippen LogP contribution >= 0.6 is 11.6 Å². The number of esters is 1. The molecule has 152 valence electrons. The Morgan fingerprint density at radius 2 is 2.07 bits per heavy atom. The van der Waals surface area contributed by atoms with E-state index in [9.17, 15) is 13.2 Å². The standard InChI is InChI=1S/C19H24ClN3O4S/c1-27-19(24)14-7-12-23(13-8-14)11-3-10-22-28(25,26)17-6-5-16(20)18-15(17)4-2-9-21-18/h2,4-6,9,14,22H,3,7-8,10-13H2,1H3. The van der Waals surface area contributed by atoms with Crippen LogP contribution < -0.4 is 4.72 Å². The van der Waals surface area contributed by atoms with Crippen LogP contribution in [0.2, 0.25) is 5.02 Å². The van der Waals surface area contributed by atoms with E-state index in [1.54, 1.807) is 24.4 Å². The largest absolute Gasteiger partial charge is 0.469 e. The van der Waals surface area contributed by atoms with E-state index in [0.717, 1.165) is 32.5 Å². The highest BCUT2D eigenvalue weighted by atomic mass is 35.5. The maximum absolute atomic E-state index is 12.7. The summed E-state index contributed by atoms with van der Waals surface area (Å²) in [5, 5.41) is 0.928. The number of carbonyl (C=O) groups excluding carboxylic acids is 1. The zero-order valence-corrected chi connectivity index (χ0v) is 17.3. The van der Waals surface area contributed by atoms with E-state index < -0.39 is 10.0 Å². The molecule has 9 heteroatoms. The highest BCUT2D eigenvalue weighted by Gasteiger charge is 2.25. The van der Waals surface area contributed by atoms with Gasteiger partial charge in [-0.1, -0.05) is 11.6 Å². The predicted octanol–water partition coefficient (Wildman–Crippen LogP) is 2.44. The second kappa shape index (κ2) is 9.17. The summed E-state index contributed by atoms with van der Waals surface area (Å²) in [6, 6.07) is 6.45. The number of hydrogen-bond donors (Lipinski definition) is 1. The fourth-order valence-corrected chi connectivity index (χ4v) is 4.98. The van der Waals surface area contributed by atoms with E-state index in [0.29, 0.717) is 28.9 Å². The lowest BCUT2D eigenvalue weighted by molar-refractivity contribution is -0.147. The Morgan fingerprint density at radius 1 is 1.32 bits per heavy atom. The van der Waals surface area contributed by atoms with Gasteiger partial charge in [0.05, 0.1) is 28.5 Å². The summed E-state index contributed by atoms with van der Waals surface area (Å²) in [7, 11) is -2.24. The third-order valence-electron chi connectivity index (χ3n) is 5.04. The summed E-state index contributed by atoms with van der Waals surface area (Å²) in [5.41, 5.74) is 0.473. The smallest absolute Gasteiger partial charge is 0.308 e. The van der Waals surface area contributed by atoms with Crippen molar-refractivity contribution in [2.45, 2.75) is 24.2 Å². The van der Waals surface area contributed by atoms with Crippen LogP contribution in [0, 0.1) is 5.92 Å². The molecule has 3 rings (SSSR count). The summed E-state index contributed by atoms with van der Waals surface area (Å²) in [4.78, 5) is 18.2. The van der Waals surface area contributed by atoms with Crippen LogP contribution in [0.15, 0.2) is 35.4 Å². The van der Waals surface area contributed by atoms with Crippen molar-refractivity contribution in [3.05, 3.63) is 35.5 Å². The Morgan fingerprint density at radius 3 is 2.79 bits per heavy atom. The number of aromatic nitrogens is 1. The van der Waals surface area contributed by atoms with Gasteiger partial charge < -0.3 is 9.64 Å². The molecule has 0 saturated carbocycles. The van der Waals surface area contributed by atoms with Crippen LogP contribution in [0.25, 0.3) is 10.9 Å². The van der Waals surface area contributed by atoms with E-state index in [1.807, 2.05) is 0 Å². The molecule has 1 aliphatic heterocycles. The number of sulfonamides is 1. The molecule has 0 radical (unpaired) electrons. The van der Waals surface area contributed by atoms with Crippen molar-refractivity contribution >= 4 is 38.5 Å². The number of rotatable bonds is 7. The molecule has 0 amide bonds. The Kier molecular flexibility index (Phi) is 6.87. The number of ether oxygens (including phenoxy) is 1. The average molecular weight is 426 g/mol. The van der Waals surface area contributed by atoms with Crippen molar-refractivity contribution in [2.75, 3.05) is 33.3 Å². The number of methoxy groups -OCH3 is 1. The fraction of sp³-hybridized carbons (Fsp3) is 0.474. The molecular weight excluding hydrogens is 402 g/mol. The van der Waals surface area contributed by atoms with E-state index in [4.69, 9.17) is 16.3 Å². The highest BCUT2D eigenvalue weighted by molar-refractivity contribution is 7.89. The van der Waals surface area contributed by atoms with Crippen LogP contribution in [-0.2, 0) is 19.6 Å². The van der Waals surface area contributed by atoms with Crippen molar-refractivity contribution in [3.63, 3.8) is 0 Å². The molecule has 1 saturated heterocycles. The summed E-state index contributed by atoms with van der Waals surface area (Å²) in [6.07, 6.45) is 3.83. The lowest BCUT2D eigenvalue weighted by Gasteiger charge is -2.30. The number of pyridine rings is 1. The third-order valence-corrected chi connectivity index (χ3v) is 6.86. The molecule has 1 N–H and O–H groups in total. The molecule has 2 heterocycles. The number of benzene rings is 1. The maximum atomic E-state index is 12.7. The Bertz CT molecular complexity index is 943. The summed E-state index contributed by atoms with van der Waals surface area (Å²) < 4.78 is 32.9. The van der Waals surface area contributed by atoms with Crippen molar-refractivity contribution in [1.29, 1.82) is 0 Å². The van der Waals surface area contributed by atoms with Gasteiger partial charge in [0.25, 0.3) is 0 Å². The Labute approximate surface area is 170 Å². The number of likely N-dealkylation sites (tertiary alicyclic amines) is 1. The van der Waals surface area contributed by atoms with Gasteiger partial charge in [-0.15, -0.1) is 0 Å². The van der Waals surface area contributed by atoms with Gasteiger partial charge in [-0.3, -0.25) is 9.78 Å². The molecule has 1 aliphatic rings. The first-order valence-electron chi connectivity index (χ1n) is 9.25. The molecule has 1 aromatic heterocycles. The fourth-order valence-electron chi connectivity index (χ4n) is 3.49. The number of piperidine rings is 1. The summed E-state index contributed by atoms with van der Waals surface area (Å²) >= 11 is 6.12. The molecule has 0 bridgehead atoms. The number of fused-ring (bicyclic) bond motifs is 1. The predicted molar refractivity (Wildman–Crippen MR) is 108 cm³/mol. The molecule has 1 aromatic carbocycles. The first-order chi connectivity index (χ1) is 13.4. The van der Waals surface area contributed by atoms with Crippen molar-refractivity contribution in [2.24, 2.45) is 5.92 Å². The first kappa shape index (κ1) is 21.0. The van der Waals surface area contributed by atoms with Crippen LogP contribution in [0.4, 0.5) is 0 Å². The van der Waals surface area contributed by atoms with Gasteiger partial charge in [-0.2, -0.15) is 0 Å². The molecule has 0 atom stereocenters. The van der Waals surface area contributed by atoms with Crippen molar-refractivity contribution in [3.8, 4) is 0 Å². The Hall–Kier alpha value is -1.74. The topological polar surface area (TPSA) is 88.6 Å². The zero-order chi connectivity index (χ0) is 20.1. The van der Waals surface area contributed by atoms with Gasteiger partial charge in [0, 0.05) is 18.1 Å².